The van der Waals surface area contributed by atoms with E-state index in [0.29, 0.717) is 6.54 Å². The summed E-state index contributed by atoms with van der Waals surface area (Å²) in [4.78, 5) is 20.1. The van der Waals surface area contributed by atoms with E-state index in [1.807, 2.05) is 11.5 Å². The van der Waals surface area contributed by atoms with Crippen molar-refractivity contribution in [2.45, 2.75) is 26.6 Å². The summed E-state index contributed by atoms with van der Waals surface area (Å²) in [6.45, 7) is 2.77. The molecule has 9 heteroatoms. The Labute approximate surface area is 147 Å². The van der Waals surface area contributed by atoms with E-state index in [9.17, 15) is 13.6 Å². The fraction of sp³-hybridized carbons (Fsp3) is 0.235. The van der Waals surface area contributed by atoms with E-state index in [0.717, 1.165) is 18.3 Å². The first-order valence-electron chi connectivity index (χ1n) is 7.87. The number of ether oxygens (including phenoxy) is 1. The summed E-state index contributed by atoms with van der Waals surface area (Å²) in [5, 5.41) is 2.71. The normalized spacial score (nSPS) is 10.7. The Morgan fingerprint density at radius 2 is 2.23 bits per heavy atom. The van der Waals surface area contributed by atoms with E-state index >= 15 is 0 Å². The lowest BCUT2D eigenvalue weighted by Crippen LogP contribution is -2.24. The van der Waals surface area contributed by atoms with E-state index in [-0.39, 0.29) is 23.9 Å². The van der Waals surface area contributed by atoms with Gasteiger partial charge in [0.2, 0.25) is 11.7 Å². The Hall–Kier alpha value is -3.23. The highest BCUT2D eigenvalue weighted by atomic mass is 19.2. The van der Waals surface area contributed by atoms with Crippen LogP contribution in [0.1, 0.15) is 29.0 Å². The number of aryl methyl sites for hydroxylation is 1. The van der Waals surface area contributed by atoms with Crippen molar-refractivity contribution >= 4 is 5.91 Å². The molecule has 2 heterocycles. The van der Waals surface area contributed by atoms with Gasteiger partial charge in [0.15, 0.2) is 23.9 Å². The highest BCUT2D eigenvalue weighted by molar-refractivity contribution is 5.91. The molecule has 136 valence electrons. The third-order valence-corrected chi connectivity index (χ3v) is 3.62. The Kier molecular flexibility index (Phi) is 5.26. The first-order valence-corrected chi connectivity index (χ1v) is 7.87. The molecule has 0 fully saturated rings. The van der Waals surface area contributed by atoms with Crippen LogP contribution in [0.25, 0.3) is 0 Å². The maximum Gasteiger partial charge on any atom is 0.273 e. The van der Waals surface area contributed by atoms with E-state index in [1.54, 1.807) is 12.5 Å². The van der Waals surface area contributed by atoms with Gasteiger partial charge in [-0.2, -0.15) is 4.39 Å². The number of benzene rings is 1. The lowest BCUT2D eigenvalue weighted by molar-refractivity contribution is 0.0945. The van der Waals surface area contributed by atoms with Crippen LogP contribution in [-0.4, -0.2) is 20.4 Å². The van der Waals surface area contributed by atoms with Crippen molar-refractivity contribution in [3.63, 3.8) is 0 Å². The molecule has 1 amide bonds. The Morgan fingerprint density at radius 3 is 3.04 bits per heavy atom. The molecule has 1 aromatic carbocycles. The average Bonchev–Trinajstić information content (AvgIpc) is 3.30. The number of imidazole rings is 1. The molecular weight excluding hydrogens is 346 g/mol. The monoisotopic (exact) mass is 362 g/mol. The lowest BCUT2D eigenvalue weighted by atomic mass is 10.3. The van der Waals surface area contributed by atoms with Crippen LogP contribution in [0.2, 0.25) is 0 Å². The predicted molar refractivity (Wildman–Crippen MR) is 86.3 cm³/mol. The molecule has 3 aromatic rings. The zero-order chi connectivity index (χ0) is 18.5. The molecular formula is C17H16F2N4O3. The molecule has 0 aliphatic heterocycles. The number of carbonyl (C=O) groups is 1. The van der Waals surface area contributed by atoms with Crippen molar-refractivity contribution in [3.8, 4) is 5.75 Å². The third-order valence-electron chi connectivity index (χ3n) is 3.62. The van der Waals surface area contributed by atoms with Crippen molar-refractivity contribution < 1.29 is 22.7 Å². The maximum atomic E-state index is 13.5. The molecule has 3 rings (SSSR count). The zero-order valence-corrected chi connectivity index (χ0v) is 13.9. The first kappa shape index (κ1) is 17.6. The molecule has 0 atom stereocenters. The van der Waals surface area contributed by atoms with Gasteiger partial charge in [-0.15, -0.1) is 0 Å². The summed E-state index contributed by atoms with van der Waals surface area (Å²) in [7, 11) is 0. The van der Waals surface area contributed by atoms with Crippen LogP contribution in [0.5, 0.6) is 5.75 Å². The number of halogens is 2. The standard InChI is InChI=1S/C17H16F2N4O3/c1-2-23-10-20-6-11(23)7-21-17(24)13-8-26-15(22-13)9-25-14-5-3-4-12(18)16(14)19/h3-6,8,10H,2,7,9H2,1H3,(H,21,24). The van der Waals surface area contributed by atoms with Crippen molar-refractivity contribution in [1.82, 2.24) is 19.9 Å². The van der Waals surface area contributed by atoms with Gasteiger partial charge in [0, 0.05) is 12.7 Å². The van der Waals surface area contributed by atoms with Crippen molar-refractivity contribution in [2.75, 3.05) is 0 Å². The Morgan fingerprint density at radius 1 is 1.38 bits per heavy atom. The lowest BCUT2D eigenvalue weighted by Gasteiger charge is -2.05. The van der Waals surface area contributed by atoms with Crippen LogP contribution < -0.4 is 10.1 Å². The highest BCUT2D eigenvalue weighted by Crippen LogP contribution is 2.20. The Bertz CT molecular complexity index is 907. The van der Waals surface area contributed by atoms with Gasteiger partial charge in [-0.1, -0.05) is 6.07 Å². The number of nitrogens with one attached hydrogen (secondary N) is 1. The van der Waals surface area contributed by atoms with E-state index in [1.165, 1.54) is 18.4 Å². The molecule has 0 saturated carbocycles. The quantitative estimate of drug-likeness (QED) is 0.699. The third kappa shape index (κ3) is 3.88. The molecule has 7 nitrogen and oxygen atoms in total. The molecule has 0 aliphatic carbocycles. The van der Waals surface area contributed by atoms with Crippen LogP contribution in [0.15, 0.2) is 41.4 Å². The second-order valence-electron chi connectivity index (χ2n) is 5.32. The molecule has 0 aliphatic rings. The molecule has 0 radical (unpaired) electrons. The van der Waals surface area contributed by atoms with Gasteiger partial charge in [-0.05, 0) is 19.1 Å². The fourth-order valence-electron chi connectivity index (χ4n) is 2.26. The number of nitrogens with zero attached hydrogens (tertiary/aromatic N) is 3. The number of carbonyl (C=O) groups excluding carboxylic acids is 1. The van der Waals surface area contributed by atoms with Gasteiger partial charge in [-0.25, -0.2) is 14.4 Å². The van der Waals surface area contributed by atoms with Crippen LogP contribution in [0, 0.1) is 11.6 Å². The van der Waals surface area contributed by atoms with Crippen LogP contribution in [0.3, 0.4) is 0 Å². The number of hydrogen-bond donors (Lipinski definition) is 1. The Balaban J connectivity index is 1.57. The minimum absolute atomic E-state index is 0.0610. The predicted octanol–water partition coefficient (Wildman–Crippen LogP) is 2.68. The molecule has 1 N–H and O–H groups in total. The van der Waals surface area contributed by atoms with Gasteiger partial charge in [-0.3, -0.25) is 4.79 Å². The van der Waals surface area contributed by atoms with Crippen LogP contribution >= 0.6 is 0 Å². The van der Waals surface area contributed by atoms with E-state index < -0.39 is 17.5 Å². The van der Waals surface area contributed by atoms with Gasteiger partial charge >= 0.3 is 0 Å². The minimum atomic E-state index is -1.09. The average molecular weight is 362 g/mol. The molecule has 2 aromatic heterocycles. The second-order valence-corrected chi connectivity index (χ2v) is 5.32. The van der Waals surface area contributed by atoms with Crippen molar-refractivity contribution in [1.29, 1.82) is 0 Å². The van der Waals surface area contributed by atoms with Gasteiger partial charge < -0.3 is 19.0 Å². The zero-order valence-electron chi connectivity index (χ0n) is 13.9. The van der Waals surface area contributed by atoms with Gasteiger partial charge in [0.25, 0.3) is 5.91 Å². The maximum absolute atomic E-state index is 13.5. The summed E-state index contributed by atoms with van der Waals surface area (Å²) in [5.74, 6) is -2.73. The number of oxazole rings is 1. The number of amides is 1. The summed E-state index contributed by atoms with van der Waals surface area (Å²) in [5.41, 5.74) is 0.917. The van der Waals surface area contributed by atoms with E-state index in [4.69, 9.17) is 9.15 Å². The van der Waals surface area contributed by atoms with Crippen molar-refractivity contribution in [2.24, 2.45) is 0 Å². The summed E-state index contributed by atoms with van der Waals surface area (Å²) in [6.07, 6.45) is 4.52. The molecule has 0 bridgehead atoms. The van der Waals surface area contributed by atoms with E-state index in [2.05, 4.69) is 15.3 Å². The number of aromatic nitrogens is 3. The molecule has 0 unspecified atom stereocenters. The second kappa shape index (κ2) is 7.77. The minimum Gasteiger partial charge on any atom is -0.481 e. The fourth-order valence-corrected chi connectivity index (χ4v) is 2.26. The number of rotatable bonds is 7. The first-order chi connectivity index (χ1) is 12.6. The summed E-state index contributed by atoms with van der Waals surface area (Å²) >= 11 is 0. The van der Waals surface area contributed by atoms with Crippen molar-refractivity contribution in [3.05, 3.63) is 65.9 Å². The van der Waals surface area contributed by atoms with Gasteiger partial charge in [0.1, 0.15) is 6.26 Å². The molecule has 0 saturated heterocycles. The molecule has 26 heavy (non-hydrogen) atoms. The number of hydrogen-bond acceptors (Lipinski definition) is 5. The van der Waals surface area contributed by atoms with Crippen LogP contribution in [0.4, 0.5) is 8.78 Å². The van der Waals surface area contributed by atoms with Crippen LogP contribution in [-0.2, 0) is 19.7 Å². The smallest absolute Gasteiger partial charge is 0.273 e. The summed E-state index contributed by atoms with van der Waals surface area (Å²) < 4.78 is 38.8. The van der Waals surface area contributed by atoms with Gasteiger partial charge in [0.05, 0.1) is 18.6 Å². The molecule has 0 spiro atoms. The summed E-state index contributed by atoms with van der Waals surface area (Å²) in [6, 6.07) is 3.59. The highest BCUT2D eigenvalue weighted by Gasteiger charge is 2.14. The topological polar surface area (TPSA) is 82.2 Å². The SMILES string of the molecule is CCn1cncc1CNC(=O)c1coc(COc2cccc(F)c2F)n1. The largest absolute Gasteiger partial charge is 0.481 e.